The minimum Gasteiger partial charge on any atom is -0.460 e. The van der Waals surface area contributed by atoms with Crippen molar-refractivity contribution in [3.05, 3.63) is 34.2 Å². The van der Waals surface area contributed by atoms with Gasteiger partial charge in [-0.25, -0.2) is 0 Å². The number of hydrogen-bond donors (Lipinski definition) is 1. The number of aromatic nitrogens is 3. The summed E-state index contributed by atoms with van der Waals surface area (Å²) in [5.74, 6) is 2.78. The van der Waals surface area contributed by atoms with E-state index in [-0.39, 0.29) is 0 Å². The van der Waals surface area contributed by atoms with Crippen molar-refractivity contribution in [1.82, 2.24) is 14.9 Å². The van der Waals surface area contributed by atoms with Crippen molar-refractivity contribution in [2.45, 2.75) is 39.5 Å². The third kappa shape index (κ3) is 3.01. The summed E-state index contributed by atoms with van der Waals surface area (Å²) in [5.41, 5.74) is 0. The molecule has 0 fully saturated rings. The molecule has 0 radical (unpaired) electrons. The molecule has 19 heavy (non-hydrogen) atoms. The lowest BCUT2D eigenvalue weighted by Gasteiger charge is -2.09. The Morgan fingerprint density at radius 3 is 2.79 bits per heavy atom. The summed E-state index contributed by atoms with van der Waals surface area (Å²) in [6, 6.07) is 3.77. The molecular formula is C13H18N4OS. The van der Waals surface area contributed by atoms with Crippen LogP contribution in [-0.2, 0) is 0 Å². The van der Waals surface area contributed by atoms with E-state index in [1.54, 1.807) is 10.9 Å². The van der Waals surface area contributed by atoms with Crippen LogP contribution in [0.15, 0.2) is 21.7 Å². The normalized spacial score (nSPS) is 11.8. The predicted octanol–water partition coefficient (Wildman–Crippen LogP) is 3.63. The first-order chi connectivity index (χ1) is 9.15. The van der Waals surface area contributed by atoms with Gasteiger partial charge in [-0.2, -0.15) is 14.9 Å². The highest BCUT2D eigenvalue weighted by atomic mass is 32.1. The van der Waals surface area contributed by atoms with E-state index < -0.39 is 0 Å². The molecule has 0 unspecified atom stereocenters. The summed E-state index contributed by atoms with van der Waals surface area (Å²) in [7, 11) is 0. The Labute approximate surface area is 117 Å². The second-order valence-corrected chi connectivity index (χ2v) is 4.79. The number of nitrogens with one attached hydrogen (secondary N) is 1. The van der Waals surface area contributed by atoms with Crippen molar-refractivity contribution in [3.8, 4) is 0 Å². The zero-order chi connectivity index (χ0) is 13.8. The number of furan rings is 1. The van der Waals surface area contributed by atoms with E-state index in [1.165, 1.54) is 0 Å². The highest BCUT2D eigenvalue weighted by Gasteiger charge is 2.14. The van der Waals surface area contributed by atoms with Gasteiger partial charge < -0.3 is 4.42 Å². The quantitative estimate of drug-likeness (QED) is 0.671. The lowest BCUT2D eigenvalue weighted by molar-refractivity contribution is 0.526. The van der Waals surface area contributed by atoms with Crippen LogP contribution in [0.1, 0.15) is 50.0 Å². The van der Waals surface area contributed by atoms with Gasteiger partial charge in [0.2, 0.25) is 4.77 Å². The second-order valence-electron chi connectivity index (χ2n) is 4.41. The monoisotopic (exact) mass is 278 g/mol. The van der Waals surface area contributed by atoms with E-state index >= 15 is 0 Å². The summed E-state index contributed by atoms with van der Waals surface area (Å²) in [6.45, 7) is 6.17. The Hall–Kier alpha value is -1.69. The molecule has 0 aliphatic rings. The molecule has 2 aromatic rings. The summed E-state index contributed by atoms with van der Waals surface area (Å²) < 4.78 is 7.62. The first-order valence-electron chi connectivity index (χ1n) is 6.43. The van der Waals surface area contributed by atoms with Crippen molar-refractivity contribution in [3.63, 3.8) is 0 Å². The molecule has 1 N–H and O–H groups in total. The predicted molar refractivity (Wildman–Crippen MR) is 77.2 cm³/mol. The fourth-order valence-corrected chi connectivity index (χ4v) is 2.16. The summed E-state index contributed by atoms with van der Waals surface area (Å²) in [6.07, 6.45) is 3.67. The Bertz CT molecular complexity index is 619. The largest absolute Gasteiger partial charge is 0.460 e. The fourth-order valence-electron chi connectivity index (χ4n) is 1.97. The highest BCUT2D eigenvalue weighted by molar-refractivity contribution is 7.71. The molecule has 0 aliphatic carbocycles. The molecule has 0 saturated heterocycles. The van der Waals surface area contributed by atoms with Gasteiger partial charge in [-0.3, -0.25) is 5.10 Å². The molecule has 0 spiro atoms. The van der Waals surface area contributed by atoms with Crippen molar-refractivity contribution < 1.29 is 4.42 Å². The molecule has 5 nitrogen and oxygen atoms in total. The Morgan fingerprint density at radius 2 is 2.21 bits per heavy atom. The van der Waals surface area contributed by atoms with Crippen LogP contribution in [0.5, 0.6) is 0 Å². The molecule has 2 aromatic heterocycles. The molecule has 2 rings (SSSR count). The van der Waals surface area contributed by atoms with E-state index in [1.807, 2.05) is 19.1 Å². The average molecular weight is 278 g/mol. The van der Waals surface area contributed by atoms with Gasteiger partial charge in [-0.05, 0) is 44.1 Å². The van der Waals surface area contributed by atoms with E-state index in [2.05, 4.69) is 29.1 Å². The topological polar surface area (TPSA) is 59.1 Å². The van der Waals surface area contributed by atoms with Crippen LogP contribution in [0.3, 0.4) is 0 Å². The molecule has 0 aliphatic heterocycles. The van der Waals surface area contributed by atoms with Crippen molar-refractivity contribution >= 4 is 18.4 Å². The van der Waals surface area contributed by atoms with E-state index in [0.717, 1.165) is 24.4 Å². The molecule has 0 atom stereocenters. The first kappa shape index (κ1) is 13.7. The SMILES string of the molecule is CCC(CC)c1n[nH]c(=S)n1/N=C\c1ccc(C)o1. The number of aromatic amines is 1. The van der Waals surface area contributed by atoms with E-state index in [0.29, 0.717) is 16.4 Å². The minimum absolute atomic E-state index is 0.350. The molecule has 0 aromatic carbocycles. The maximum Gasteiger partial charge on any atom is 0.216 e. The zero-order valence-electron chi connectivity index (χ0n) is 11.4. The molecule has 2 heterocycles. The standard InChI is InChI=1S/C13H18N4OS/c1-4-10(5-2)12-15-16-13(19)17(12)14-8-11-7-6-9(3)18-11/h6-8,10H,4-5H2,1-3H3,(H,16,19)/b14-8-. The van der Waals surface area contributed by atoms with Gasteiger partial charge in [-0.1, -0.05) is 13.8 Å². The molecule has 6 heteroatoms. The van der Waals surface area contributed by atoms with Gasteiger partial charge >= 0.3 is 0 Å². The molecular weight excluding hydrogens is 260 g/mol. The van der Waals surface area contributed by atoms with Gasteiger partial charge in [0.25, 0.3) is 0 Å². The summed E-state index contributed by atoms with van der Waals surface area (Å²) in [4.78, 5) is 0. The van der Waals surface area contributed by atoms with Gasteiger partial charge in [0, 0.05) is 5.92 Å². The zero-order valence-corrected chi connectivity index (χ0v) is 12.2. The van der Waals surface area contributed by atoms with Gasteiger partial charge in [0.05, 0.1) is 6.21 Å². The van der Waals surface area contributed by atoms with Crippen LogP contribution < -0.4 is 0 Å². The van der Waals surface area contributed by atoms with Gasteiger partial charge in [0.15, 0.2) is 5.82 Å². The van der Waals surface area contributed by atoms with E-state index in [4.69, 9.17) is 16.6 Å². The molecule has 0 saturated carbocycles. The van der Waals surface area contributed by atoms with Crippen LogP contribution in [0.4, 0.5) is 0 Å². The van der Waals surface area contributed by atoms with Gasteiger partial charge in [-0.15, -0.1) is 0 Å². The van der Waals surface area contributed by atoms with Crippen LogP contribution >= 0.6 is 12.2 Å². The maximum absolute atomic E-state index is 5.45. The minimum atomic E-state index is 0.350. The highest BCUT2D eigenvalue weighted by Crippen LogP contribution is 2.20. The lowest BCUT2D eigenvalue weighted by atomic mass is 10.0. The number of nitrogens with zero attached hydrogens (tertiary/aromatic N) is 3. The third-order valence-corrected chi connectivity index (χ3v) is 3.35. The number of H-pyrrole nitrogens is 1. The molecule has 0 bridgehead atoms. The smallest absolute Gasteiger partial charge is 0.216 e. The number of aryl methyl sites for hydroxylation is 1. The molecule has 102 valence electrons. The number of hydrogen-bond acceptors (Lipinski definition) is 4. The van der Waals surface area contributed by atoms with Gasteiger partial charge in [0.1, 0.15) is 11.5 Å². The fraction of sp³-hybridized carbons (Fsp3) is 0.462. The van der Waals surface area contributed by atoms with Crippen molar-refractivity contribution in [1.29, 1.82) is 0 Å². The first-order valence-corrected chi connectivity index (χ1v) is 6.84. The summed E-state index contributed by atoms with van der Waals surface area (Å²) in [5, 5.41) is 11.4. The number of rotatable bonds is 5. The van der Waals surface area contributed by atoms with Crippen LogP contribution in [0, 0.1) is 11.7 Å². The molecule has 0 amide bonds. The van der Waals surface area contributed by atoms with Crippen LogP contribution in [0.2, 0.25) is 0 Å². The Balaban J connectivity index is 2.32. The Kier molecular flexibility index (Phi) is 4.31. The van der Waals surface area contributed by atoms with Crippen molar-refractivity contribution in [2.75, 3.05) is 0 Å². The van der Waals surface area contributed by atoms with E-state index in [9.17, 15) is 0 Å². The van der Waals surface area contributed by atoms with Crippen LogP contribution in [-0.4, -0.2) is 21.1 Å². The second kappa shape index (κ2) is 5.97. The van der Waals surface area contributed by atoms with Crippen molar-refractivity contribution in [2.24, 2.45) is 5.10 Å². The maximum atomic E-state index is 5.45. The average Bonchev–Trinajstić information content (AvgIpc) is 2.96. The Morgan fingerprint density at radius 1 is 1.47 bits per heavy atom. The summed E-state index contributed by atoms with van der Waals surface area (Å²) >= 11 is 5.21. The lowest BCUT2D eigenvalue weighted by Crippen LogP contribution is -2.05. The van der Waals surface area contributed by atoms with Crippen LogP contribution in [0.25, 0.3) is 0 Å². The third-order valence-electron chi connectivity index (χ3n) is 3.09.